The molecular formula is C18H22N6. The summed E-state index contributed by atoms with van der Waals surface area (Å²) in [4.78, 5) is 13.7. The van der Waals surface area contributed by atoms with E-state index in [-0.39, 0.29) is 0 Å². The van der Waals surface area contributed by atoms with Crippen molar-refractivity contribution >= 4 is 16.9 Å². The minimum absolute atomic E-state index is 0.826. The van der Waals surface area contributed by atoms with Gasteiger partial charge in [0.15, 0.2) is 5.65 Å². The third kappa shape index (κ3) is 2.97. The van der Waals surface area contributed by atoms with Gasteiger partial charge in [-0.25, -0.2) is 14.6 Å². The Morgan fingerprint density at radius 1 is 1.00 bits per heavy atom. The maximum atomic E-state index is 4.56. The molecule has 0 amide bonds. The standard InChI is InChI=1S/C18H22N6/c1-22-9-11-23(12-10-22)17-16-13-21-24(18(16)20-14-19-17)8-7-15-5-3-2-4-6-15/h2-6,13-14H,7-12H2,1H3. The number of aryl methyl sites for hydroxylation is 2. The van der Waals surface area contributed by atoms with Crippen LogP contribution in [0, 0.1) is 0 Å². The molecule has 0 atom stereocenters. The molecule has 6 nitrogen and oxygen atoms in total. The van der Waals surface area contributed by atoms with Crippen LogP contribution in [-0.4, -0.2) is 57.9 Å². The van der Waals surface area contributed by atoms with E-state index in [1.54, 1.807) is 6.33 Å². The molecule has 0 spiro atoms. The normalized spacial score (nSPS) is 16.0. The Morgan fingerprint density at radius 2 is 1.79 bits per heavy atom. The Labute approximate surface area is 141 Å². The van der Waals surface area contributed by atoms with Crippen LogP contribution in [0.1, 0.15) is 5.56 Å². The molecule has 124 valence electrons. The van der Waals surface area contributed by atoms with Gasteiger partial charge in [0.25, 0.3) is 0 Å². The van der Waals surface area contributed by atoms with Crippen LogP contribution in [0.3, 0.4) is 0 Å². The van der Waals surface area contributed by atoms with Crippen LogP contribution >= 0.6 is 0 Å². The van der Waals surface area contributed by atoms with E-state index in [1.807, 2.05) is 16.9 Å². The second-order valence-electron chi connectivity index (χ2n) is 6.33. The van der Waals surface area contributed by atoms with E-state index in [0.717, 1.165) is 56.0 Å². The summed E-state index contributed by atoms with van der Waals surface area (Å²) in [6, 6.07) is 10.5. The number of hydrogen-bond acceptors (Lipinski definition) is 5. The molecule has 3 heterocycles. The Kier molecular flexibility index (Phi) is 4.13. The van der Waals surface area contributed by atoms with E-state index in [1.165, 1.54) is 5.56 Å². The summed E-state index contributed by atoms with van der Waals surface area (Å²) >= 11 is 0. The largest absolute Gasteiger partial charge is 0.353 e. The average Bonchev–Trinajstić information content (AvgIpc) is 3.05. The predicted molar refractivity (Wildman–Crippen MR) is 95.2 cm³/mol. The summed E-state index contributed by atoms with van der Waals surface area (Å²) < 4.78 is 1.99. The van der Waals surface area contributed by atoms with Crippen LogP contribution in [0.15, 0.2) is 42.9 Å². The molecule has 3 aromatic rings. The Balaban J connectivity index is 1.57. The number of aromatic nitrogens is 4. The molecule has 6 heteroatoms. The van der Waals surface area contributed by atoms with Crippen LogP contribution in [0.4, 0.5) is 5.82 Å². The van der Waals surface area contributed by atoms with Crippen LogP contribution in [-0.2, 0) is 13.0 Å². The fraction of sp³-hybridized carbons (Fsp3) is 0.389. The van der Waals surface area contributed by atoms with Gasteiger partial charge in [0.05, 0.1) is 11.6 Å². The van der Waals surface area contributed by atoms with E-state index in [9.17, 15) is 0 Å². The molecule has 0 aliphatic carbocycles. The lowest BCUT2D eigenvalue weighted by atomic mass is 10.1. The Morgan fingerprint density at radius 3 is 2.58 bits per heavy atom. The van der Waals surface area contributed by atoms with Crippen molar-refractivity contribution in [3.8, 4) is 0 Å². The van der Waals surface area contributed by atoms with E-state index in [2.05, 4.69) is 56.2 Å². The molecule has 1 aromatic carbocycles. The molecule has 4 rings (SSSR count). The number of rotatable bonds is 4. The van der Waals surface area contributed by atoms with Crippen molar-refractivity contribution in [3.63, 3.8) is 0 Å². The Bertz CT molecular complexity index is 805. The van der Waals surface area contributed by atoms with Gasteiger partial charge in [-0.2, -0.15) is 5.10 Å². The highest BCUT2D eigenvalue weighted by molar-refractivity contribution is 5.86. The summed E-state index contributed by atoms with van der Waals surface area (Å²) in [6.45, 7) is 4.95. The molecule has 24 heavy (non-hydrogen) atoms. The molecule has 0 unspecified atom stereocenters. The van der Waals surface area contributed by atoms with E-state index >= 15 is 0 Å². The highest BCUT2D eigenvalue weighted by Crippen LogP contribution is 2.23. The van der Waals surface area contributed by atoms with Gasteiger partial charge in [0.2, 0.25) is 0 Å². The topological polar surface area (TPSA) is 50.1 Å². The maximum absolute atomic E-state index is 4.56. The zero-order valence-electron chi connectivity index (χ0n) is 14.0. The second-order valence-corrected chi connectivity index (χ2v) is 6.33. The third-order valence-corrected chi connectivity index (χ3v) is 4.67. The van der Waals surface area contributed by atoms with Crippen molar-refractivity contribution in [2.75, 3.05) is 38.1 Å². The summed E-state index contributed by atoms with van der Waals surface area (Å²) in [5.41, 5.74) is 2.24. The van der Waals surface area contributed by atoms with Crippen molar-refractivity contribution in [2.24, 2.45) is 0 Å². The van der Waals surface area contributed by atoms with Gasteiger partial charge in [-0.3, -0.25) is 0 Å². The number of anilines is 1. The van der Waals surface area contributed by atoms with Crippen LogP contribution in [0.5, 0.6) is 0 Å². The van der Waals surface area contributed by atoms with E-state index in [4.69, 9.17) is 0 Å². The molecule has 2 aromatic heterocycles. The van der Waals surface area contributed by atoms with Crippen molar-refractivity contribution < 1.29 is 0 Å². The molecule has 0 N–H and O–H groups in total. The van der Waals surface area contributed by atoms with Gasteiger partial charge in [-0.1, -0.05) is 30.3 Å². The average molecular weight is 322 g/mol. The van der Waals surface area contributed by atoms with Gasteiger partial charge in [0.1, 0.15) is 12.1 Å². The highest BCUT2D eigenvalue weighted by atomic mass is 15.3. The van der Waals surface area contributed by atoms with Crippen LogP contribution < -0.4 is 4.90 Å². The number of piperazine rings is 1. The maximum Gasteiger partial charge on any atom is 0.163 e. The zero-order chi connectivity index (χ0) is 16.4. The monoisotopic (exact) mass is 322 g/mol. The van der Waals surface area contributed by atoms with Crippen molar-refractivity contribution in [1.29, 1.82) is 0 Å². The lowest BCUT2D eigenvalue weighted by Gasteiger charge is -2.33. The van der Waals surface area contributed by atoms with Crippen LogP contribution in [0.2, 0.25) is 0 Å². The molecule has 1 saturated heterocycles. The first kappa shape index (κ1) is 15.1. The number of likely N-dealkylation sites (N-methyl/N-ethyl adjacent to an activating group) is 1. The first-order valence-corrected chi connectivity index (χ1v) is 8.45. The molecule has 0 bridgehead atoms. The summed E-state index contributed by atoms with van der Waals surface area (Å²) in [7, 11) is 2.16. The fourth-order valence-corrected chi connectivity index (χ4v) is 3.19. The molecular weight excluding hydrogens is 300 g/mol. The van der Waals surface area contributed by atoms with Gasteiger partial charge >= 0.3 is 0 Å². The van der Waals surface area contributed by atoms with E-state index in [0.29, 0.717) is 0 Å². The van der Waals surface area contributed by atoms with Gasteiger partial charge in [-0.05, 0) is 19.0 Å². The lowest BCUT2D eigenvalue weighted by molar-refractivity contribution is 0.312. The minimum Gasteiger partial charge on any atom is -0.353 e. The van der Waals surface area contributed by atoms with Gasteiger partial charge < -0.3 is 9.80 Å². The highest BCUT2D eigenvalue weighted by Gasteiger charge is 2.19. The Hall–Kier alpha value is -2.47. The fourth-order valence-electron chi connectivity index (χ4n) is 3.19. The third-order valence-electron chi connectivity index (χ3n) is 4.67. The quantitative estimate of drug-likeness (QED) is 0.733. The molecule has 1 aliphatic rings. The first-order chi connectivity index (χ1) is 11.8. The number of hydrogen-bond donors (Lipinski definition) is 0. The van der Waals surface area contributed by atoms with Crippen LogP contribution in [0.25, 0.3) is 11.0 Å². The predicted octanol–water partition coefficient (Wildman–Crippen LogP) is 1.82. The van der Waals surface area contributed by atoms with Gasteiger partial charge in [-0.15, -0.1) is 0 Å². The van der Waals surface area contributed by atoms with Crippen molar-refractivity contribution in [2.45, 2.75) is 13.0 Å². The SMILES string of the molecule is CN1CCN(c2ncnc3c2cnn3CCc2ccccc2)CC1. The minimum atomic E-state index is 0.826. The first-order valence-electron chi connectivity index (χ1n) is 8.45. The zero-order valence-corrected chi connectivity index (χ0v) is 14.0. The van der Waals surface area contributed by atoms with Gasteiger partial charge in [0, 0.05) is 32.7 Å². The summed E-state index contributed by atoms with van der Waals surface area (Å²) in [5.74, 6) is 1.01. The second kappa shape index (κ2) is 6.57. The summed E-state index contributed by atoms with van der Waals surface area (Å²) in [5, 5.41) is 5.61. The number of fused-ring (bicyclic) bond motifs is 1. The van der Waals surface area contributed by atoms with Crippen molar-refractivity contribution in [3.05, 3.63) is 48.4 Å². The molecule has 0 saturated carbocycles. The van der Waals surface area contributed by atoms with E-state index < -0.39 is 0 Å². The smallest absolute Gasteiger partial charge is 0.163 e. The molecule has 0 radical (unpaired) electrons. The van der Waals surface area contributed by atoms with Crippen molar-refractivity contribution in [1.82, 2.24) is 24.6 Å². The molecule has 1 fully saturated rings. The lowest BCUT2D eigenvalue weighted by Crippen LogP contribution is -2.44. The number of nitrogens with zero attached hydrogens (tertiary/aromatic N) is 6. The summed E-state index contributed by atoms with van der Waals surface area (Å²) in [6.07, 6.45) is 4.52. The molecule has 1 aliphatic heterocycles. The number of benzene rings is 1.